The van der Waals surface area contributed by atoms with Crippen LogP contribution in [0, 0.1) is 5.41 Å². The number of likely N-dealkylation sites (N-methyl/N-ethyl adjacent to an activating group) is 1. The first-order chi connectivity index (χ1) is 21.5. The highest BCUT2D eigenvalue weighted by Crippen LogP contribution is 2.42. The molecule has 12 nitrogen and oxygen atoms in total. The molecule has 2 aliphatic heterocycles. The van der Waals surface area contributed by atoms with Gasteiger partial charge in [0.05, 0.1) is 17.3 Å². The fourth-order valence-corrected chi connectivity index (χ4v) is 5.33. The highest BCUT2D eigenvalue weighted by molar-refractivity contribution is 6.08. The van der Waals surface area contributed by atoms with Crippen molar-refractivity contribution in [1.82, 2.24) is 9.96 Å². The van der Waals surface area contributed by atoms with Crippen molar-refractivity contribution in [3.8, 4) is 22.5 Å². The van der Waals surface area contributed by atoms with Crippen LogP contribution in [0.25, 0.3) is 33.4 Å². The second kappa shape index (κ2) is 13.0. The minimum atomic E-state index is -1.13. The van der Waals surface area contributed by atoms with Crippen LogP contribution < -0.4 is 11.1 Å². The molecule has 2 aromatic rings. The minimum Gasteiger partial charge on any atom is -0.478 e. The third-order valence-corrected chi connectivity index (χ3v) is 7.68. The SMILES string of the molecule is CN(CCCCCC(=O)ON1C(=O)CCC1=O)C(=O)Cc1ccc(C(=O)O)c(-c2c3ccc(=N)cc-3oc3cc(N)ccc23)c1. The Kier molecular flexibility index (Phi) is 8.93. The van der Waals surface area contributed by atoms with Crippen LogP contribution in [0.4, 0.5) is 5.69 Å². The van der Waals surface area contributed by atoms with Crippen LogP contribution in [0.5, 0.6) is 0 Å². The van der Waals surface area contributed by atoms with Gasteiger partial charge in [-0.25, -0.2) is 9.59 Å². The molecule has 12 heteroatoms. The predicted molar refractivity (Wildman–Crippen MR) is 162 cm³/mol. The number of hydroxylamine groups is 2. The summed E-state index contributed by atoms with van der Waals surface area (Å²) >= 11 is 0. The van der Waals surface area contributed by atoms with Crippen molar-refractivity contribution in [3.05, 3.63) is 71.1 Å². The second-order valence-electron chi connectivity index (χ2n) is 11.0. The van der Waals surface area contributed by atoms with Gasteiger partial charge in [0.1, 0.15) is 11.3 Å². The number of hydrogen-bond acceptors (Lipinski definition) is 9. The molecule has 0 aromatic heterocycles. The summed E-state index contributed by atoms with van der Waals surface area (Å²) in [5, 5.41) is 19.5. The molecule has 0 saturated carbocycles. The summed E-state index contributed by atoms with van der Waals surface area (Å²) in [6.07, 6.45) is 1.86. The van der Waals surface area contributed by atoms with Crippen molar-refractivity contribution in [3.63, 3.8) is 0 Å². The lowest BCUT2D eigenvalue weighted by atomic mass is 9.89. The number of aromatic carboxylic acids is 1. The van der Waals surface area contributed by atoms with Gasteiger partial charge in [0.15, 0.2) is 0 Å². The molecule has 2 heterocycles. The molecule has 0 unspecified atom stereocenters. The number of anilines is 1. The number of fused-ring (bicyclic) bond motifs is 2. The van der Waals surface area contributed by atoms with E-state index >= 15 is 0 Å². The number of imide groups is 1. The van der Waals surface area contributed by atoms with Crippen LogP contribution in [0.15, 0.2) is 59.0 Å². The molecule has 1 fully saturated rings. The lowest BCUT2D eigenvalue weighted by molar-refractivity contribution is -0.197. The molecular weight excluding hydrogens is 580 g/mol. The van der Waals surface area contributed by atoms with Crippen molar-refractivity contribution >= 4 is 46.3 Å². The number of rotatable bonds is 11. The maximum Gasteiger partial charge on any atom is 0.336 e. The van der Waals surface area contributed by atoms with Crippen molar-refractivity contribution in [1.29, 1.82) is 5.41 Å². The summed E-state index contributed by atoms with van der Waals surface area (Å²) in [6, 6.07) is 14.8. The van der Waals surface area contributed by atoms with E-state index in [-0.39, 0.29) is 42.5 Å². The van der Waals surface area contributed by atoms with E-state index in [9.17, 15) is 29.1 Å². The van der Waals surface area contributed by atoms with Gasteiger partial charge in [-0.05, 0) is 60.4 Å². The number of nitrogens with two attached hydrogens (primary N) is 1. The Balaban J connectivity index is 1.28. The number of nitrogens with zero attached hydrogens (tertiary/aromatic N) is 2. The molecule has 0 spiro atoms. The normalized spacial score (nSPS) is 13.0. The van der Waals surface area contributed by atoms with Crippen LogP contribution in [0.3, 0.4) is 0 Å². The Morgan fingerprint density at radius 1 is 0.978 bits per heavy atom. The first-order valence-corrected chi connectivity index (χ1v) is 14.5. The van der Waals surface area contributed by atoms with Gasteiger partial charge in [0, 0.05) is 67.2 Å². The highest BCUT2D eigenvalue weighted by Gasteiger charge is 2.32. The molecule has 1 aliphatic carbocycles. The average molecular weight is 613 g/mol. The Hall–Kier alpha value is -5.52. The molecule has 2 aromatic carbocycles. The zero-order valence-corrected chi connectivity index (χ0v) is 24.6. The molecule has 45 heavy (non-hydrogen) atoms. The monoisotopic (exact) mass is 612 g/mol. The standard InChI is InChI=1S/C33H32N4O8/c1-36(14-4-2-3-5-31(41)45-37-28(38)12-13-29(37)39)30(40)16-19-6-9-22(33(42)43)25(15-19)32-23-10-7-20(34)17-26(23)44-27-18-21(35)8-11-24(27)32/h6-11,15,17-18,34H,2-5,12-14,16,35H2,1H3,(H,42,43). The van der Waals surface area contributed by atoms with E-state index in [0.717, 1.165) is 0 Å². The van der Waals surface area contributed by atoms with E-state index in [2.05, 4.69) is 0 Å². The number of carbonyl (C=O) groups is 5. The summed E-state index contributed by atoms with van der Waals surface area (Å²) in [4.78, 5) is 67.0. The van der Waals surface area contributed by atoms with Gasteiger partial charge in [-0.1, -0.05) is 12.5 Å². The van der Waals surface area contributed by atoms with Gasteiger partial charge < -0.3 is 30.4 Å². The number of benzene rings is 3. The van der Waals surface area contributed by atoms with Gasteiger partial charge in [-0.3, -0.25) is 14.4 Å². The molecule has 0 bridgehead atoms. The second-order valence-corrected chi connectivity index (χ2v) is 11.0. The maximum absolute atomic E-state index is 13.1. The van der Waals surface area contributed by atoms with E-state index in [1.54, 1.807) is 60.5 Å². The fourth-order valence-electron chi connectivity index (χ4n) is 5.33. The van der Waals surface area contributed by atoms with E-state index in [1.807, 2.05) is 0 Å². The zero-order valence-electron chi connectivity index (χ0n) is 24.6. The summed E-state index contributed by atoms with van der Waals surface area (Å²) in [5.41, 5.74) is 9.21. The molecule has 5 rings (SSSR count). The zero-order chi connectivity index (χ0) is 32.2. The van der Waals surface area contributed by atoms with Crippen LogP contribution in [-0.4, -0.2) is 58.3 Å². The van der Waals surface area contributed by atoms with Crippen molar-refractivity contribution in [2.75, 3.05) is 19.3 Å². The number of hydrogen-bond donors (Lipinski definition) is 3. The molecule has 0 radical (unpaired) electrons. The van der Waals surface area contributed by atoms with Crippen molar-refractivity contribution in [2.45, 2.75) is 44.9 Å². The van der Waals surface area contributed by atoms with Crippen LogP contribution in [0.1, 0.15) is 54.4 Å². The molecule has 3 aliphatic rings. The Labute approximate surface area is 257 Å². The topological polar surface area (TPSA) is 184 Å². The fraction of sp³-hybridized carbons (Fsp3) is 0.273. The number of unbranched alkanes of at least 4 members (excludes halogenated alkanes) is 2. The van der Waals surface area contributed by atoms with Crippen LogP contribution in [0.2, 0.25) is 0 Å². The molecule has 1 saturated heterocycles. The molecular formula is C33H32N4O8. The molecule has 3 amide bonds. The van der Waals surface area contributed by atoms with Crippen molar-refractivity contribution < 1.29 is 38.3 Å². The summed E-state index contributed by atoms with van der Waals surface area (Å²) < 4.78 is 6.04. The van der Waals surface area contributed by atoms with E-state index in [0.29, 0.717) is 75.5 Å². The third kappa shape index (κ3) is 6.85. The minimum absolute atomic E-state index is 0.0322. The lowest BCUT2D eigenvalue weighted by Crippen LogP contribution is -2.32. The van der Waals surface area contributed by atoms with Gasteiger partial charge >= 0.3 is 11.9 Å². The van der Waals surface area contributed by atoms with Crippen LogP contribution in [-0.2, 0) is 30.4 Å². The number of nitrogens with one attached hydrogen (secondary N) is 1. The van der Waals surface area contributed by atoms with E-state index in [4.69, 9.17) is 20.4 Å². The highest BCUT2D eigenvalue weighted by atomic mass is 16.7. The summed E-state index contributed by atoms with van der Waals surface area (Å²) in [5.74, 6) is -2.59. The Bertz CT molecular complexity index is 1850. The first kappa shape index (κ1) is 30.9. The first-order valence-electron chi connectivity index (χ1n) is 14.5. The molecule has 0 atom stereocenters. The number of carboxylic acid groups (broad SMARTS) is 1. The number of carbonyl (C=O) groups excluding carboxylic acids is 4. The van der Waals surface area contributed by atoms with E-state index < -0.39 is 23.8 Å². The maximum atomic E-state index is 13.1. The third-order valence-electron chi connectivity index (χ3n) is 7.68. The molecule has 4 N–H and O–H groups in total. The average Bonchev–Trinajstić information content (AvgIpc) is 3.31. The largest absolute Gasteiger partial charge is 0.478 e. The summed E-state index contributed by atoms with van der Waals surface area (Å²) in [6.45, 7) is 0.434. The number of nitrogen functional groups attached to an aromatic ring is 1. The number of amides is 3. The Morgan fingerprint density at radius 2 is 1.73 bits per heavy atom. The van der Waals surface area contributed by atoms with Gasteiger partial charge in [0.2, 0.25) is 5.91 Å². The smallest absolute Gasteiger partial charge is 0.336 e. The quantitative estimate of drug-likeness (QED) is 0.0969. The summed E-state index contributed by atoms with van der Waals surface area (Å²) in [7, 11) is 1.68. The van der Waals surface area contributed by atoms with Gasteiger partial charge in [-0.2, -0.15) is 0 Å². The molecule has 232 valence electrons. The van der Waals surface area contributed by atoms with Crippen molar-refractivity contribution in [2.24, 2.45) is 0 Å². The Morgan fingerprint density at radius 3 is 2.47 bits per heavy atom. The van der Waals surface area contributed by atoms with Gasteiger partial charge in [-0.15, -0.1) is 5.06 Å². The lowest BCUT2D eigenvalue weighted by Gasteiger charge is -2.19. The van der Waals surface area contributed by atoms with E-state index in [1.165, 1.54) is 6.07 Å². The number of carboxylic acids is 1. The van der Waals surface area contributed by atoms with Gasteiger partial charge in [0.25, 0.3) is 11.8 Å². The predicted octanol–water partition coefficient (Wildman–Crippen LogP) is 4.13. The van der Waals surface area contributed by atoms with Crippen LogP contribution >= 0.6 is 0 Å².